The molecule has 0 aliphatic carbocycles. The van der Waals surface area contributed by atoms with E-state index in [-0.39, 0.29) is 13.2 Å². The number of aliphatic hydroxyl groups is 1. The van der Waals surface area contributed by atoms with Crippen LogP contribution in [0.1, 0.15) is 5.56 Å². The lowest BCUT2D eigenvalue weighted by Gasteiger charge is -2.13. The average Bonchev–Trinajstić information content (AvgIpc) is 2.34. The largest absolute Gasteiger partial charge is 0.389 e. The van der Waals surface area contributed by atoms with Crippen molar-refractivity contribution in [2.45, 2.75) is 13.0 Å². The zero-order valence-electron chi connectivity index (χ0n) is 10.7. The molecule has 7 heteroatoms. The number of benzene rings is 1. The molecule has 3 N–H and O–H groups in total. The van der Waals surface area contributed by atoms with Gasteiger partial charge in [-0.3, -0.25) is 0 Å². The summed E-state index contributed by atoms with van der Waals surface area (Å²) in [6.45, 7) is 2.05. The number of urea groups is 1. The molecule has 0 aromatic heterocycles. The van der Waals surface area contributed by atoms with Gasteiger partial charge in [-0.1, -0.05) is 23.2 Å². The van der Waals surface area contributed by atoms with Gasteiger partial charge in [0.25, 0.3) is 0 Å². The minimum Gasteiger partial charge on any atom is -0.389 e. The van der Waals surface area contributed by atoms with Gasteiger partial charge in [-0.2, -0.15) is 0 Å². The molecule has 1 aromatic carbocycles. The second-order valence-corrected chi connectivity index (χ2v) is 4.84. The molecule has 0 radical (unpaired) electrons. The SMILES string of the molecule is COC[C@H](O)CNC(=O)Nc1cc(Cl)c(C)cc1Cl. The molecule has 0 fully saturated rings. The lowest BCUT2D eigenvalue weighted by Crippen LogP contribution is -2.37. The fourth-order valence-corrected chi connectivity index (χ4v) is 1.80. The number of nitrogens with one attached hydrogen (secondary N) is 2. The quantitative estimate of drug-likeness (QED) is 0.782. The first-order chi connectivity index (χ1) is 8.93. The van der Waals surface area contributed by atoms with Crippen LogP contribution in [0.25, 0.3) is 0 Å². The van der Waals surface area contributed by atoms with Crippen molar-refractivity contribution in [1.29, 1.82) is 0 Å². The summed E-state index contributed by atoms with van der Waals surface area (Å²) in [5, 5.41) is 15.3. The number of anilines is 1. The summed E-state index contributed by atoms with van der Waals surface area (Å²) in [7, 11) is 1.47. The number of amides is 2. The van der Waals surface area contributed by atoms with E-state index in [1.807, 2.05) is 6.92 Å². The Balaban J connectivity index is 2.55. The first-order valence-electron chi connectivity index (χ1n) is 5.61. The molecule has 5 nitrogen and oxygen atoms in total. The van der Waals surface area contributed by atoms with Gasteiger partial charge in [0, 0.05) is 18.7 Å². The molecule has 0 aliphatic heterocycles. The van der Waals surface area contributed by atoms with Crippen molar-refractivity contribution in [2.75, 3.05) is 25.6 Å². The van der Waals surface area contributed by atoms with Gasteiger partial charge in [-0.05, 0) is 24.6 Å². The smallest absolute Gasteiger partial charge is 0.319 e. The van der Waals surface area contributed by atoms with Crippen LogP contribution in [0.3, 0.4) is 0 Å². The molecule has 1 rings (SSSR count). The second kappa shape index (κ2) is 7.55. The average molecular weight is 307 g/mol. The van der Waals surface area contributed by atoms with E-state index in [1.165, 1.54) is 7.11 Å². The van der Waals surface area contributed by atoms with Crippen LogP contribution < -0.4 is 10.6 Å². The number of rotatable bonds is 5. The van der Waals surface area contributed by atoms with Crippen molar-refractivity contribution in [2.24, 2.45) is 0 Å². The molecule has 19 heavy (non-hydrogen) atoms. The maximum Gasteiger partial charge on any atom is 0.319 e. The van der Waals surface area contributed by atoms with Crippen molar-refractivity contribution >= 4 is 34.9 Å². The van der Waals surface area contributed by atoms with E-state index in [4.69, 9.17) is 27.9 Å². The third kappa shape index (κ3) is 5.24. The number of carbonyl (C=O) groups excluding carboxylic acids is 1. The van der Waals surface area contributed by atoms with Crippen molar-refractivity contribution < 1.29 is 14.6 Å². The standard InChI is InChI=1S/C12H16Cl2N2O3/c1-7-3-10(14)11(4-9(7)13)16-12(18)15-5-8(17)6-19-2/h3-4,8,17H,5-6H2,1-2H3,(H2,15,16,18)/t8-/m1/s1. The van der Waals surface area contributed by atoms with Gasteiger partial charge in [-0.25, -0.2) is 4.79 Å². The fraction of sp³-hybridized carbons (Fsp3) is 0.417. The van der Waals surface area contributed by atoms with Crippen molar-refractivity contribution in [1.82, 2.24) is 5.32 Å². The second-order valence-electron chi connectivity index (χ2n) is 4.03. The molecule has 0 aliphatic rings. The van der Waals surface area contributed by atoms with Gasteiger partial charge in [0.1, 0.15) is 0 Å². The van der Waals surface area contributed by atoms with E-state index in [9.17, 15) is 9.90 Å². The Hall–Kier alpha value is -1.01. The predicted octanol–water partition coefficient (Wildman–Crippen LogP) is 2.43. The highest BCUT2D eigenvalue weighted by atomic mass is 35.5. The molecule has 106 valence electrons. The van der Waals surface area contributed by atoms with Crippen molar-refractivity contribution in [3.63, 3.8) is 0 Å². The first kappa shape index (κ1) is 16.0. The van der Waals surface area contributed by atoms with E-state index < -0.39 is 12.1 Å². The molecule has 1 aromatic rings. The fourth-order valence-electron chi connectivity index (χ4n) is 1.37. The minimum atomic E-state index is -0.757. The number of carbonyl (C=O) groups is 1. The lowest BCUT2D eigenvalue weighted by atomic mass is 10.2. The van der Waals surface area contributed by atoms with Crippen LogP contribution in [0.4, 0.5) is 10.5 Å². The van der Waals surface area contributed by atoms with Crippen LogP contribution >= 0.6 is 23.2 Å². The van der Waals surface area contributed by atoms with Crippen molar-refractivity contribution in [3.05, 3.63) is 27.7 Å². The van der Waals surface area contributed by atoms with Gasteiger partial charge in [0.05, 0.1) is 23.4 Å². The summed E-state index contributed by atoms with van der Waals surface area (Å²) >= 11 is 11.9. The minimum absolute atomic E-state index is 0.0802. The third-order valence-electron chi connectivity index (χ3n) is 2.35. The Morgan fingerprint density at radius 3 is 2.74 bits per heavy atom. The Morgan fingerprint density at radius 2 is 2.11 bits per heavy atom. The van der Waals surface area contributed by atoms with Crippen LogP contribution in [0, 0.1) is 6.92 Å². The normalized spacial score (nSPS) is 12.1. The molecule has 0 unspecified atom stereocenters. The molecule has 0 heterocycles. The molecule has 0 saturated carbocycles. The maximum absolute atomic E-state index is 11.6. The van der Waals surface area contributed by atoms with Crippen LogP contribution in [0.2, 0.25) is 10.0 Å². The Bertz CT molecular complexity index is 455. The number of aliphatic hydroxyl groups excluding tert-OH is 1. The Kier molecular flexibility index (Phi) is 6.37. The zero-order chi connectivity index (χ0) is 14.4. The van der Waals surface area contributed by atoms with Gasteiger partial charge in [0.15, 0.2) is 0 Å². The number of hydrogen-bond donors (Lipinski definition) is 3. The highest BCUT2D eigenvalue weighted by molar-refractivity contribution is 6.36. The summed E-state index contributed by atoms with van der Waals surface area (Å²) < 4.78 is 4.74. The molecular weight excluding hydrogens is 291 g/mol. The highest BCUT2D eigenvalue weighted by Crippen LogP contribution is 2.28. The van der Waals surface area contributed by atoms with Crippen molar-refractivity contribution in [3.8, 4) is 0 Å². The summed E-state index contributed by atoms with van der Waals surface area (Å²) in [6.07, 6.45) is -0.757. The maximum atomic E-state index is 11.6. The number of ether oxygens (including phenoxy) is 1. The highest BCUT2D eigenvalue weighted by Gasteiger charge is 2.10. The summed E-state index contributed by atoms with van der Waals surface area (Å²) in [6, 6.07) is 2.76. The summed E-state index contributed by atoms with van der Waals surface area (Å²) in [5.41, 5.74) is 1.24. The topological polar surface area (TPSA) is 70.6 Å². The molecule has 0 saturated heterocycles. The van der Waals surface area contributed by atoms with Crippen LogP contribution in [0.15, 0.2) is 12.1 Å². The zero-order valence-corrected chi connectivity index (χ0v) is 12.2. The molecule has 0 spiro atoms. The van der Waals surface area contributed by atoms with Gasteiger partial charge >= 0.3 is 6.03 Å². The molecule has 2 amide bonds. The summed E-state index contributed by atoms with van der Waals surface area (Å²) in [4.78, 5) is 11.6. The molecule has 1 atom stereocenters. The van der Waals surface area contributed by atoms with E-state index in [2.05, 4.69) is 10.6 Å². The van der Waals surface area contributed by atoms with Gasteiger partial charge in [-0.15, -0.1) is 0 Å². The number of hydrogen-bond acceptors (Lipinski definition) is 3. The third-order valence-corrected chi connectivity index (χ3v) is 3.07. The van der Waals surface area contributed by atoms with E-state index in [1.54, 1.807) is 12.1 Å². The van der Waals surface area contributed by atoms with Crippen LogP contribution in [0.5, 0.6) is 0 Å². The number of methoxy groups -OCH3 is 1. The lowest BCUT2D eigenvalue weighted by molar-refractivity contribution is 0.0663. The molecule has 0 bridgehead atoms. The summed E-state index contributed by atoms with van der Waals surface area (Å²) in [5.74, 6) is 0. The Labute approximate surface area is 121 Å². The molecular formula is C12H16Cl2N2O3. The van der Waals surface area contributed by atoms with E-state index in [0.29, 0.717) is 15.7 Å². The number of aryl methyl sites for hydroxylation is 1. The number of halogens is 2. The van der Waals surface area contributed by atoms with E-state index in [0.717, 1.165) is 5.56 Å². The first-order valence-corrected chi connectivity index (χ1v) is 6.37. The predicted molar refractivity (Wildman–Crippen MR) is 76.1 cm³/mol. The Morgan fingerprint density at radius 1 is 1.42 bits per heavy atom. The van der Waals surface area contributed by atoms with Gasteiger partial charge < -0.3 is 20.5 Å². The van der Waals surface area contributed by atoms with Gasteiger partial charge in [0.2, 0.25) is 0 Å². The van der Waals surface area contributed by atoms with Crippen LogP contribution in [-0.2, 0) is 4.74 Å². The van der Waals surface area contributed by atoms with Crippen LogP contribution in [-0.4, -0.2) is 37.5 Å². The van der Waals surface area contributed by atoms with E-state index >= 15 is 0 Å². The monoisotopic (exact) mass is 306 g/mol.